The molecule has 0 aliphatic carbocycles. The van der Waals surface area contributed by atoms with Crippen molar-refractivity contribution in [1.29, 1.82) is 0 Å². The van der Waals surface area contributed by atoms with Gasteiger partial charge in [-0.2, -0.15) is 0 Å². The van der Waals surface area contributed by atoms with Crippen LogP contribution < -0.4 is 5.32 Å². The normalized spacial score (nSPS) is 11.0. The summed E-state index contributed by atoms with van der Waals surface area (Å²) < 4.78 is 32.7. The quantitative estimate of drug-likeness (QED) is 0.571. The summed E-state index contributed by atoms with van der Waals surface area (Å²) in [4.78, 5) is 23.4. The van der Waals surface area contributed by atoms with Gasteiger partial charge in [0, 0.05) is 19.9 Å². The topological polar surface area (TPSA) is 98.8 Å². The summed E-state index contributed by atoms with van der Waals surface area (Å²) in [6, 6.07) is 4.18. The van der Waals surface area contributed by atoms with E-state index in [0.29, 0.717) is 18.7 Å². The van der Waals surface area contributed by atoms with Gasteiger partial charge >= 0.3 is 5.97 Å². The lowest BCUT2D eigenvalue weighted by molar-refractivity contribution is -0.124. The van der Waals surface area contributed by atoms with E-state index in [-0.39, 0.29) is 10.5 Å². The molecule has 0 bridgehead atoms. The molecular formula is C14H19NO6S. The van der Waals surface area contributed by atoms with Crippen LogP contribution in [0.3, 0.4) is 0 Å². The number of hydrogen-bond acceptors (Lipinski definition) is 6. The molecule has 22 heavy (non-hydrogen) atoms. The molecule has 0 radical (unpaired) electrons. The Kier molecular flexibility index (Phi) is 6.51. The highest BCUT2D eigenvalue weighted by Gasteiger charge is 2.16. The van der Waals surface area contributed by atoms with Crippen molar-refractivity contribution in [3.05, 3.63) is 29.3 Å². The molecule has 0 atom stereocenters. The lowest BCUT2D eigenvalue weighted by Gasteiger charge is -2.09. The number of amides is 1. The Morgan fingerprint density at radius 3 is 2.55 bits per heavy atom. The summed E-state index contributed by atoms with van der Waals surface area (Å²) in [5.74, 6) is -1.20. The highest BCUT2D eigenvalue weighted by Crippen LogP contribution is 2.16. The zero-order chi connectivity index (χ0) is 16.8. The summed E-state index contributed by atoms with van der Waals surface area (Å²) in [6.07, 6.45) is 1.05. The number of hydrogen-bond donors (Lipinski definition) is 1. The number of carbonyl (C=O) groups excluding carboxylic acids is 2. The predicted octanol–water partition coefficient (Wildman–Crippen LogP) is 0.318. The number of sulfone groups is 1. The van der Waals surface area contributed by atoms with Gasteiger partial charge in [-0.3, -0.25) is 4.79 Å². The van der Waals surface area contributed by atoms with E-state index in [2.05, 4.69) is 5.32 Å². The maximum Gasteiger partial charge on any atom is 0.338 e. The Balaban J connectivity index is 2.72. The molecule has 1 aromatic carbocycles. The van der Waals surface area contributed by atoms with Crippen molar-refractivity contribution in [2.24, 2.45) is 0 Å². The minimum atomic E-state index is -3.42. The van der Waals surface area contributed by atoms with Crippen molar-refractivity contribution in [2.75, 3.05) is 33.1 Å². The molecule has 0 aliphatic heterocycles. The molecule has 0 aliphatic rings. The standard InChI is InChI=1S/C14H19NO6S/c1-10-4-5-11(22(3,18)19)8-12(10)14(17)21-9-13(16)15-6-7-20-2/h4-5,8H,6-7,9H2,1-3H3,(H,15,16). The second kappa shape index (κ2) is 7.90. The van der Waals surface area contributed by atoms with Crippen molar-refractivity contribution in [1.82, 2.24) is 5.32 Å². The van der Waals surface area contributed by atoms with Crippen molar-refractivity contribution in [3.8, 4) is 0 Å². The van der Waals surface area contributed by atoms with E-state index in [1.807, 2.05) is 0 Å². The average molecular weight is 329 g/mol. The SMILES string of the molecule is COCCNC(=O)COC(=O)c1cc(S(C)(=O)=O)ccc1C. The smallest absolute Gasteiger partial charge is 0.338 e. The van der Waals surface area contributed by atoms with E-state index in [9.17, 15) is 18.0 Å². The second-order valence-corrected chi connectivity index (χ2v) is 6.68. The van der Waals surface area contributed by atoms with E-state index < -0.39 is 28.3 Å². The molecule has 1 amide bonds. The summed E-state index contributed by atoms with van der Waals surface area (Å²) in [5.41, 5.74) is 0.685. The van der Waals surface area contributed by atoms with E-state index in [4.69, 9.17) is 9.47 Å². The van der Waals surface area contributed by atoms with Gasteiger partial charge in [-0.25, -0.2) is 13.2 Å². The van der Waals surface area contributed by atoms with Gasteiger partial charge in [0.1, 0.15) is 0 Å². The van der Waals surface area contributed by atoms with Crippen LogP contribution in [0.15, 0.2) is 23.1 Å². The Bertz CT molecular complexity index is 653. The van der Waals surface area contributed by atoms with Crippen LogP contribution >= 0.6 is 0 Å². The molecule has 0 aromatic heterocycles. The number of carbonyl (C=O) groups is 2. The maximum atomic E-state index is 12.0. The van der Waals surface area contributed by atoms with E-state index >= 15 is 0 Å². The minimum absolute atomic E-state index is 0.0228. The highest BCUT2D eigenvalue weighted by molar-refractivity contribution is 7.90. The van der Waals surface area contributed by atoms with Crippen molar-refractivity contribution in [3.63, 3.8) is 0 Å². The summed E-state index contributed by atoms with van der Waals surface area (Å²) in [5, 5.41) is 2.50. The monoisotopic (exact) mass is 329 g/mol. The third kappa shape index (κ3) is 5.45. The molecular weight excluding hydrogens is 310 g/mol. The van der Waals surface area contributed by atoms with E-state index in [1.165, 1.54) is 25.3 Å². The molecule has 0 unspecified atom stereocenters. The lowest BCUT2D eigenvalue weighted by Crippen LogP contribution is -2.31. The van der Waals surface area contributed by atoms with E-state index in [1.54, 1.807) is 6.92 Å². The number of methoxy groups -OCH3 is 1. The van der Waals surface area contributed by atoms with Crippen molar-refractivity contribution < 1.29 is 27.5 Å². The van der Waals surface area contributed by atoms with Crippen molar-refractivity contribution in [2.45, 2.75) is 11.8 Å². The zero-order valence-corrected chi connectivity index (χ0v) is 13.5. The summed E-state index contributed by atoms with van der Waals surface area (Å²) in [7, 11) is -1.92. The van der Waals surface area contributed by atoms with E-state index in [0.717, 1.165) is 6.26 Å². The fraction of sp³-hybridized carbons (Fsp3) is 0.429. The first kappa shape index (κ1) is 18.1. The molecule has 8 heteroatoms. The molecule has 1 aromatic rings. The van der Waals surface area contributed by atoms with Gasteiger partial charge in [0.25, 0.3) is 5.91 Å². The van der Waals surface area contributed by atoms with Crippen LogP contribution in [0.4, 0.5) is 0 Å². The molecule has 122 valence electrons. The summed E-state index contributed by atoms with van der Waals surface area (Å²) in [6.45, 7) is 1.89. The number of esters is 1. The minimum Gasteiger partial charge on any atom is -0.452 e. The van der Waals surface area contributed by atoms with Gasteiger partial charge in [0.15, 0.2) is 16.4 Å². The number of rotatable bonds is 7. The van der Waals surface area contributed by atoms with Gasteiger partial charge in [-0.1, -0.05) is 6.07 Å². The van der Waals surface area contributed by atoms with Gasteiger partial charge < -0.3 is 14.8 Å². The first-order valence-electron chi connectivity index (χ1n) is 6.49. The molecule has 0 heterocycles. The molecule has 0 saturated heterocycles. The molecule has 0 spiro atoms. The fourth-order valence-electron chi connectivity index (χ4n) is 1.60. The number of benzene rings is 1. The van der Waals surface area contributed by atoms with Crippen LogP contribution in [0.1, 0.15) is 15.9 Å². The highest BCUT2D eigenvalue weighted by atomic mass is 32.2. The van der Waals surface area contributed by atoms with Gasteiger partial charge in [-0.15, -0.1) is 0 Å². The Morgan fingerprint density at radius 2 is 1.95 bits per heavy atom. The average Bonchev–Trinajstić information content (AvgIpc) is 2.44. The largest absolute Gasteiger partial charge is 0.452 e. The third-order valence-corrected chi connectivity index (χ3v) is 3.93. The van der Waals surface area contributed by atoms with Gasteiger partial charge in [-0.05, 0) is 24.6 Å². The third-order valence-electron chi connectivity index (χ3n) is 2.82. The molecule has 0 saturated carbocycles. The number of ether oxygens (including phenoxy) is 2. The Hall–Kier alpha value is -1.93. The lowest BCUT2D eigenvalue weighted by atomic mass is 10.1. The number of nitrogens with one attached hydrogen (secondary N) is 1. The van der Waals surface area contributed by atoms with Crippen LogP contribution in [-0.4, -0.2) is 53.4 Å². The Labute approximate surface area is 129 Å². The zero-order valence-electron chi connectivity index (χ0n) is 12.7. The first-order valence-corrected chi connectivity index (χ1v) is 8.38. The van der Waals surface area contributed by atoms with Crippen LogP contribution in [0.2, 0.25) is 0 Å². The van der Waals surface area contributed by atoms with Crippen LogP contribution in [0.5, 0.6) is 0 Å². The summed E-state index contributed by atoms with van der Waals surface area (Å²) >= 11 is 0. The fourth-order valence-corrected chi connectivity index (χ4v) is 2.25. The molecule has 0 fully saturated rings. The second-order valence-electron chi connectivity index (χ2n) is 4.67. The van der Waals surface area contributed by atoms with Crippen LogP contribution in [0.25, 0.3) is 0 Å². The van der Waals surface area contributed by atoms with Gasteiger partial charge in [0.2, 0.25) is 0 Å². The molecule has 1 rings (SSSR count). The number of aryl methyl sites for hydroxylation is 1. The van der Waals surface area contributed by atoms with Crippen LogP contribution in [0, 0.1) is 6.92 Å². The first-order chi connectivity index (χ1) is 10.3. The van der Waals surface area contributed by atoms with Crippen molar-refractivity contribution >= 4 is 21.7 Å². The molecule has 7 nitrogen and oxygen atoms in total. The molecule has 1 N–H and O–H groups in total. The van der Waals surface area contributed by atoms with Crippen LogP contribution in [-0.2, 0) is 24.1 Å². The maximum absolute atomic E-state index is 12.0. The van der Waals surface area contributed by atoms with Gasteiger partial charge in [0.05, 0.1) is 17.1 Å². The predicted molar refractivity (Wildman–Crippen MR) is 79.5 cm³/mol. The Morgan fingerprint density at radius 1 is 1.27 bits per heavy atom.